The lowest BCUT2D eigenvalue weighted by atomic mass is 9.86. The zero-order valence-corrected chi connectivity index (χ0v) is 47.8. The summed E-state index contributed by atoms with van der Waals surface area (Å²) in [6.45, 7) is 13.8. The van der Waals surface area contributed by atoms with Gasteiger partial charge in [0.15, 0.2) is 23.0 Å². The van der Waals surface area contributed by atoms with Gasteiger partial charge in [-0.15, -0.1) is 0 Å². The largest absolute Gasteiger partial charge is 0.504 e. The maximum atomic E-state index is 10.8. The van der Waals surface area contributed by atoms with Gasteiger partial charge in [-0.2, -0.15) is 0 Å². The van der Waals surface area contributed by atoms with Crippen molar-refractivity contribution in [3.8, 4) is 102 Å². The van der Waals surface area contributed by atoms with Gasteiger partial charge in [0, 0.05) is 34.1 Å². The minimum atomic E-state index is -1.65. The molecule has 0 saturated heterocycles. The van der Waals surface area contributed by atoms with Crippen LogP contribution in [0.1, 0.15) is 0 Å². The highest BCUT2D eigenvalue weighted by atomic mass is 28.3. The molecule has 82 heavy (non-hydrogen) atoms. The fourth-order valence-electron chi connectivity index (χ4n) is 10.9. The first-order chi connectivity index (χ1) is 39.1. The minimum absolute atomic E-state index is 0.228. The zero-order chi connectivity index (χ0) is 58.1. The number of fused-ring (bicyclic) bond motifs is 2. The Balaban J connectivity index is 0.985. The van der Waals surface area contributed by atoms with Gasteiger partial charge in [-0.3, -0.25) is 0 Å². The molecule has 0 radical (unpaired) electrons. The van der Waals surface area contributed by atoms with E-state index in [1.165, 1.54) is 10.4 Å². The van der Waals surface area contributed by atoms with Gasteiger partial charge in [-0.05, 0) is 128 Å². The van der Waals surface area contributed by atoms with Crippen molar-refractivity contribution in [1.82, 2.24) is 0 Å². The molecule has 0 aliphatic heterocycles. The number of anilines is 6. The van der Waals surface area contributed by atoms with E-state index < -0.39 is 73.6 Å². The first-order valence-electron chi connectivity index (χ1n) is 26.7. The number of hydrogen-bond acceptors (Lipinski definition) is 12. The predicted molar refractivity (Wildman–Crippen MR) is 335 cm³/mol. The van der Waals surface area contributed by atoms with Gasteiger partial charge in [0.25, 0.3) is 0 Å². The summed E-state index contributed by atoms with van der Waals surface area (Å²) in [5.41, 5.74) is 9.33. The van der Waals surface area contributed by atoms with E-state index in [2.05, 4.69) is 195 Å². The molecule has 0 unspecified atom stereocenters. The number of phenols is 10. The molecule has 14 heteroatoms. The van der Waals surface area contributed by atoms with Crippen LogP contribution in [-0.2, 0) is 0 Å². The smallest absolute Gasteiger partial charge is 0.208 e. The maximum Gasteiger partial charge on any atom is 0.208 e. The van der Waals surface area contributed by atoms with Crippen molar-refractivity contribution >= 4 is 82.2 Å². The van der Waals surface area contributed by atoms with Crippen molar-refractivity contribution in [1.29, 1.82) is 0 Å². The molecule has 0 aliphatic carbocycles. The predicted octanol–water partition coefficient (Wildman–Crippen LogP) is 15.7. The normalized spacial score (nSPS) is 11.8. The van der Waals surface area contributed by atoms with Crippen LogP contribution in [0.3, 0.4) is 0 Å². The third kappa shape index (κ3) is 9.42. The van der Waals surface area contributed by atoms with Crippen molar-refractivity contribution in [2.45, 2.75) is 39.3 Å². The van der Waals surface area contributed by atoms with E-state index in [-0.39, 0.29) is 11.1 Å². The Morgan fingerprint density at radius 2 is 0.402 bits per heavy atom. The first-order valence-corrected chi connectivity index (χ1v) is 33.7. The lowest BCUT2D eigenvalue weighted by molar-refractivity contribution is 0.330. The third-order valence-corrected chi connectivity index (χ3v) is 19.4. The second kappa shape index (κ2) is 20.6. The third-order valence-electron chi connectivity index (χ3n) is 15.3. The van der Waals surface area contributed by atoms with Crippen molar-refractivity contribution < 1.29 is 51.1 Å². The van der Waals surface area contributed by atoms with E-state index in [0.717, 1.165) is 77.9 Å². The quantitative estimate of drug-likeness (QED) is 0.0240. The van der Waals surface area contributed by atoms with E-state index in [0.29, 0.717) is 11.1 Å². The number of nitrogens with zero attached hydrogens (tertiary/aromatic N) is 2. The van der Waals surface area contributed by atoms with Gasteiger partial charge in [0.2, 0.25) is 34.5 Å². The number of hydrogen-bond donors (Lipinski definition) is 10. The Morgan fingerprint density at radius 3 is 0.610 bits per heavy atom. The van der Waals surface area contributed by atoms with Crippen LogP contribution in [0.5, 0.6) is 57.5 Å². The van der Waals surface area contributed by atoms with Gasteiger partial charge in [0.05, 0.1) is 27.3 Å². The van der Waals surface area contributed by atoms with Crippen LogP contribution in [0.15, 0.2) is 194 Å². The van der Waals surface area contributed by atoms with Crippen LogP contribution in [0.4, 0.5) is 34.1 Å². The van der Waals surface area contributed by atoms with Crippen molar-refractivity contribution in [2.75, 3.05) is 9.80 Å². The topological polar surface area (TPSA) is 209 Å². The summed E-state index contributed by atoms with van der Waals surface area (Å²) in [6, 6.07) is 64.9. The summed E-state index contributed by atoms with van der Waals surface area (Å²) in [5, 5.41) is 111. The molecule has 11 aromatic carbocycles. The van der Waals surface area contributed by atoms with Crippen LogP contribution in [0.25, 0.3) is 66.1 Å². The summed E-state index contributed by atoms with van der Waals surface area (Å²) in [5.74, 6) is -8.89. The molecular formula is C68H60N2O10Si2. The van der Waals surface area contributed by atoms with E-state index in [9.17, 15) is 51.1 Å². The van der Waals surface area contributed by atoms with Crippen molar-refractivity contribution in [3.63, 3.8) is 0 Å². The van der Waals surface area contributed by atoms with Gasteiger partial charge >= 0.3 is 0 Å². The molecule has 11 rings (SSSR count). The van der Waals surface area contributed by atoms with Gasteiger partial charge in [0.1, 0.15) is 0 Å². The molecule has 0 amide bonds. The molecule has 0 fully saturated rings. The van der Waals surface area contributed by atoms with Crippen molar-refractivity contribution in [3.05, 3.63) is 194 Å². The van der Waals surface area contributed by atoms with Crippen molar-refractivity contribution in [2.24, 2.45) is 0 Å². The maximum absolute atomic E-state index is 10.8. The zero-order valence-electron chi connectivity index (χ0n) is 45.8. The molecule has 0 aromatic heterocycles. The number of benzene rings is 11. The summed E-state index contributed by atoms with van der Waals surface area (Å²) < 4.78 is 0. The van der Waals surface area contributed by atoms with Crippen LogP contribution in [-0.4, -0.2) is 67.2 Å². The Hall–Kier alpha value is -10.0. The second-order valence-electron chi connectivity index (χ2n) is 22.5. The molecule has 0 atom stereocenters. The SMILES string of the molecule is C[Si](C)(C)c1ccc(N(c2ccc(-c3c(O)c(O)c(O)c(O)c3O)cc2)c2ccc(-c3c4ccccc4c(-c4ccc(N(c5ccc(-c6c(O)c(O)c(O)c(O)c6O)cc5)c5ccc([Si](C)(C)C)cc5)cc4)c4ccccc34)cc2)cc1. The molecule has 0 bridgehead atoms. The van der Waals surface area contributed by atoms with Crippen LogP contribution in [0, 0.1) is 0 Å². The minimum Gasteiger partial charge on any atom is -0.504 e. The molecular weight excluding hydrogens is 1060 g/mol. The van der Waals surface area contributed by atoms with Gasteiger partial charge in [-0.1, -0.05) is 171 Å². The molecule has 410 valence electrons. The summed E-state index contributed by atoms with van der Waals surface area (Å²) in [6.07, 6.45) is 0. The number of aromatic hydroxyl groups is 10. The molecule has 0 saturated carbocycles. The average molecular weight is 1120 g/mol. The van der Waals surface area contributed by atoms with E-state index >= 15 is 0 Å². The number of rotatable bonds is 12. The lowest BCUT2D eigenvalue weighted by Crippen LogP contribution is -2.37. The highest BCUT2D eigenvalue weighted by Crippen LogP contribution is 2.57. The Bertz CT molecular complexity index is 3860. The Labute approximate surface area is 476 Å². The Morgan fingerprint density at radius 1 is 0.220 bits per heavy atom. The second-order valence-corrected chi connectivity index (χ2v) is 32.7. The molecule has 0 spiro atoms. The fourth-order valence-corrected chi connectivity index (χ4v) is 13.2. The van der Waals surface area contributed by atoms with Crippen LogP contribution < -0.4 is 20.2 Å². The molecule has 0 aliphatic rings. The summed E-state index contributed by atoms with van der Waals surface area (Å²) in [7, 11) is -3.29. The highest BCUT2D eigenvalue weighted by Gasteiger charge is 2.28. The average Bonchev–Trinajstić information content (AvgIpc) is 3.65. The fraction of sp³-hybridized carbons (Fsp3) is 0.0882. The van der Waals surface area contributed by atoms with Gasteiger partial charge < -0.3 is 60.9 Å². The molecule has 0 heterocycles. The first kappa shape index (κ1) is 54.0. The van der Waals surface area contributed by atoms with Crippen LogP contribution >= 0.6 is 0 Å². The summed E-state index contributed by atoms with van der Waals surface area (Å²) in [4.78, 5) is 4.23. The van der Waals surface area contributed by atoms with E-state index in [1.54, 1.807) is 24.3 Å². The van der Waals surface area contributed by atoms with E-state index in [1.807, 2.05) is 24.3 Å². The number of phenolic OH excluding ortho intramolecular Hbond substituents is 10. The standard InChI is InChI=1S/C68H60N2O10Si2/c1-81(2,3)49-35-31-47(32-36-49)69(45-27-19-41(20-28-45)57-59(71)63(75)67(79)64(76)60(57)72)43-23-15-39(16-24-43)55-51-11-7-9-13-53(51)56(54-14-10-8-12-52(54)55)40-17-25-44(26-18-40)70(48-33-37-50(38-34-48)82(4,5)6)46-29-21-42(22-30-46)58-61(73)65(77)68(80)66(78)62(58)74/h7-38,71-80H,1-6H3. The summed E-state index contributed by atoms with van der Waals surface area (Å²) >= 11 is 0. The molecule has 12 nitrogen and oxygen atoms in total. The molecule has 10 N–H and O–H groups in total. The van der Waals surface area contributed by atoms with E-state index in [4.69, 9.17) is 0 Å². The van der Waals surface area contributed by atoms with Gasteiger partial charge in [-0.25, -0.2) is 0 Å². The lowest BCUT2D eigenvalue weighted by Gasteiger charge is -2.27. The monoisotopic (exact) mass is 1120 g/mol. The Kier molecular flexibility index (Phi) is 13.5. The van der Waals surface area contributed by atoms with Crippen LogP contribution in [0.2, 0.25) is 39.3 Å². The highest BCUT2D eigenvalue weighted by molar-refractivity contribution is 6.89. The molecule has 11 aromatic rings.